The van der Waals surface area contributed by atoms with Gasteiger partial charge in [0.2, 0.25) is 0 Å². The lowest BCUT2D eigenvalue weighted by Crippen LogP contribution is -2.55. The van der Waals surface area contributed by atoms with Crippen LogP contribution in [-0.2, 0) is 9.53 Å². The van der Waals surface area contributed by atoms with Crippen molar-refractivity contribution < 1.29 is 14.6 Å². The molecule has 0 amide bonds. The van der Waals surface area contributed by atoms with Crippen LogP contribution < -0.4 is 0 Å². The molecule has 3 nitrogen and oxygen atoms in total. The fourth-order valence-corrected chi connectivity index (χ4v) is 8.98. The van der Waals surface area contributed by atoms with Gasteiger partial charge in [-0.1, -0.05) is 65.5 Å². The van der Waals surface area contributed by atoms with E-state index in [0.717, 1.165) is 37.0 Å². The second-order valence-electron chi connectivity index (χ2n) is 12.9. The van der Waals surface area contributed by atoms with E-state index >= 15 is 0 Å². The number of carbonyl (C=O) groups is 1. The van der Waals surface area contributed by atoms with Crippen molar-refractivity contribution in [1.82, 2.24) is 0 Å². The van der Waals surface area contributed by atoms with Crippen LogP contribution in [0.1, 0.15) is 106 Å². The van der Waals surface area contributed by atoms with Gasteiger partial charge in [0, 0.05) is 13.3 Å². The number of rotatable bonds is 6. The minimum Gasteiger partial charge on any atom is -0.462 e. The molecule has 4 rings (SSSR count). The molecular formula is C29H48O3. The van der Waals surface area contributed by atoms with Crippen molar-refractivity contribution in [2.24, 2.45) is 46.3 Å². The molecule has 0 heterocycles. The van der Waals surface area contributed by atoms with E-state index in [2.05, 4.69) is 40.7 Å². The first-order valence-electron chi connectivity index (χ1n) is 13.6. The summed E-state index contributed by atoms with van der Waals surface area (Å²) < 4.78 is 5.57. The third-order valence-electron chi connectivity index (χ3n) is 10.6. The summed E-state index contributed by atoms with van der Waals surface area (Å²) in [5.74, 6) is 3.85. The van der Waals surface area contributed by atoms with Gasteiger partial charge < -0.3 is 9.84 Å². The van der Waals surface area contributed by atoms with Gasteiger partial charge in [0.05, 0.1) is 6.10 Å². The molecule has 1 N–H and O–H groups in total. The molecule has 0 aromatic rings. The topological polar surface area (TPSA) is 46.5 Å². The molecule has 32 heavy (non-hydrogen) atoms. The van der Waals surface area contributed by atoms with Gasteiger partial charge in [0.1, 0.15) is 6.10 Å². The molecule has 4 aliphatic carbocycles. The van der Waals surface area contributed by atoms with Crippen LogP contribution in [-0.4, -0.2) is 23.3 Å². The molecule has 0 saturated heterocycles. The van der Waals surface area contributed by atoms with E-state index in [1.165, 1.54) is 57.4 Å². The predicted octanol–water partition coefficient (Wildman–Crippen LogP) is 6.93. The van der Waals surface area contributed by atoms with Gasteiger partial charge in [-0.3, -0.25) is 4.79 Å². The maximum absolute atomic E-state index is 11.5. The smallest absolute Gasteiger partial charge is 0.302 e. The fraction of sp³-hybridized carbons (Fsp3) is 0.897. The van der Waals surface area contributed by atoms with E-state index in [-0.39, 0.29) is 23.6 Å². The molecule has 4 unspecified atom stereocenters. The molecule has 0 spiro atoms. The zero-order valence-electron chi connectivity index (χ0n) is 21.5. The highest BCUT2D eigenvalue weighted by Gasteiger charge is 2.61. The van der Waals surface area contributed by atoms with E-state index in [1.54, 1.807) is 0 Å². The highest BCUT2D eigenvalue weighted by molar-refractivity contribution is 5.66. The molecule has 9 atom stereocenters. The van der Waals surface area contributed by atoms with E-state index in [0.29, 0.717) is 23.2 Å². The molecule has 0 aliphatic heterocycles. The monoisotopic (exact) mass is 444 g/mol. The van der Waals surface area contributed by atoms with Crippen LogP contribution in [0.15, 0.2) is 11.6 Å². The Morgan fingerprint density at radius 2 is 1.84 bits per heavy atom. The van der Waals surface area contributed by atoms with Crippen molar-refractivity contribution in [2.75, 3.05) is 0 Å². The van der Waals surface area contributed by atoms with E-state index in [4.69, 9.17) is 4.74 Å². The third-order valence-corrected chi connectivity index (χ3v) is 10.6. The van der Waals surface area contributed by atoms with Crippen LogP contribution in [0.25, 0.3) is 0 Å². The first-order chi connectivity index (χ1) is 15.1. The Hall–Kier alpha value is -0.830. The van der Waals surface area contributed by atoms with Crippen molar-refractivity contribution in [1.29, 1.82) is 0 Å². The number of hydrogen-bond acceptors (Lipinski definition) is 3. The predicted molar refractivity (Wildman–Crippen MR) is 130 cm³/mol. The summed E-state index contributed by atoms with van der Waals surface area (Å²) in [5.41, 5.74) is 1.92. The highest BCUT2D eigenvalue weighted by Crippen LogP contribution is 2.67. The van der Waals surface area contributed by atoms with Crippen molar-refractivity contribution in [3.63, 3.8) is 0 Å². The number of ether oxygens (including phenoxy) is 1. The van der Waals surface area contributed by atoms with Gasteiger partial charge >= 0.3 is 5.97 Å². The van der Waals surface area contributed by atoms with Gasteiger partial charge in [-0.2, -0.15) is 0 Å². The summed E-state index contributed by atoms with van der Waals surface area (Å²) in [7, 11) is 0. The van der Waals surface area contributed by atoms with Gasteiger partial charge in [-0.05, 0) is 84.9 Å². The Kier molecular flexibility index (Phi) is 6.90. The van der Waals surface area contributed by atoms with Crippen LogP contribution >= 0.6 is 0 Å². The van der Waals surface area contributed by atoms with Crippen molar-refractivity contribution in [2.45, 2.75) is 118 Å². The largest absolute Gasteiger partial charge is 0.462 e. The first-order valence-corrected chi connectivity index (χ1v) is 13.6. The number of aliphatic hydroxyl groups excluding tert-OH is 1. The van der Waals surface area contributed by atoms with Crippen LogP contribution in [0.2, 0.25) is 0 Å². The molecular weight excluding hydrogens is 396 g/mol. The van der Waals surface area contributed by atoms with Gasteiger partial charge in [0.25, 0.3) is 0 Å². The quantitative estimate of drug-likeness (QED) is 0.357. The Balaban J connectivity index is 1.51. The number of aliphatic hydroxyl groups is 1. The van der Waals surface area contributed by atoms with Crippen LogP contribution in [0.4, 0.5) is 0 Å². The lowest BCUT2D eigenvalue weighted by Gasteiger charge is -2.59. The zero-order valence-corrected chi connectivity index (χ0v) is 21.5. The summed E-state index contributed by atoms with van der Waals surface area (Å²) in [6, 6.07) is 0. The lowest BCUT2D eigenvalue weighted by molar-refractivity contribution is -0.149. The van der Waals surface area contributed by atoms with Gasteiger partial charge in [-0.25, -0.2) is 0 Å². The number of fused-ring (bicyclic) bond motifs is 5. The zero-order chi connectivity index (χ0) is 23.3. The molecule has 3 saturated carbocycles. The number of carbonyl (C=O) groups excluding carboxylic acids is 1. The Morgan fingerprint density at radius 3 is 2.53 bits per heavy atom. The van der Waals surface area contributed by atoms with Crippen LogP contribution in [0.5, 0.6) is 0 Å². The normalized spacial score (nSPS) is 44.3. The van der Waals surface area contributed by atoms with E-state index in [9.17, 15) is 9.90 Å². The standard InChI is InChI=1S/C29H48O3/c1-18(2)8-7-9-19(3)23-10-11-24-27-25(13-15-29(23,24)6)28(5)14-12-22(32-20(4)30)16-21(28)17-26(27)31/h17-19,22-27,31H,7-16H2,1-6H3/t19?,22-,23+,24?,25?,26-,27?,28-,29+/m0/s1. The first kappa shape index (κ1) is 24.3. The lowest BCUT2D eigenvalue weighted by atomic mass is 9.46. The molecule has 0 aromatic carbocycles. The molecule has 0 bridgehead atoms. The highest BCUT2D eigenvalue weighted by atomic mass is 16.5. The van der Waals surface area contributed by atoms with E-state index in [1.807, 2.05) is 0 Å². The number of esters is 1. The van der Waals surface area contributed by atoms with Gasteiger partial charge in [0.15, 0.2) is 0 Å². The third kappa shape index (κ3) is 4.21. The summed E-state index contributed by atoms with van der Waals surface area (Å²) in [6.07, 6.45) is 14.0. The number of hydrogen-bond donors (Lipinski definition) is 1. The summed E-state index contributed by atoms with van der Waals surface area (Å²) >= 11 is 0. The van der Waals surface area contributed by atoms with Crippen LogP contribution in [0.3, 0.4) is 0 Å². The minimum atomic E-state index is -0.334. The Morgan fingerprint density at radius 1 is 1.09 bits per heavy atom. The average Bonchev–Trinajstić information content (AvgIpc) is 3.05. The Labute approximate surface area is 196 Å². The van der Waals surface area contributed by atoms with Crippen LogP contribution in [0, 0.1) is 46.3 Å². The van der Waals surface area contributed by atoms with Crippen molar-refractivity contribution >= 4 is 5.97 Å². The summed E-state index contributed by atoms with van der Waals surface area (Å²) in [5, 5.41) is 11.4. The molecule has 0 aromatic heterocycles. The Bertz CT molecular complexity index is 726. The minimum absolute atomic E-state index is 0.00742. The molecule has 4 aliphatic rings. The molecule has 182 valence electrons. The van der Waals surface area contributed by atoms with Crippen molar-refractivity contribution in [3.05, 3.63) is 11.6 Å². The summed E-state index contributed by atoms with van der Waals surface area (Å²) in [6.45, 7) is 13.7. The molecule has 3 fully saturated rings. The maximum atomic E-state index is 11.5. The SMILES string of the molecule is CC(=O)O[C@H]1CC[C@@]2(C)C(=C[C@H](O)C3C2CC[C@@]2(C)C3CC[C@@H]2C(C)CCCC(C)C)C1. The maximum Gasteiger partial charge on any atom is 0.302 e. The molecule has 0 radical (unpaired) electrons. The second kappa shape index (κ2) is 9.08. The van der Waals surface area contributed by atoms with Gasteiger partial charge in [-0.15, -0.1) is 0 Å². The molecule has 3 heteroatoms. The fourth-order valence-electron chi connectivity index (χ4n) is 8.98. The second-order valence-corrected chi connectivity index (χ2v) is 12.9. The van der Waals surface area contributed by atoms with E-state index < -0.39 is 0 Å². The average molecular weight is 445 g/mol. The summed E-state index contributed by atoms with van der Waals surface area (Å²) in [4.78, 5) is 11.5. The van der Waals surface area contributed by atoms with Crippen molar-refractivity contribution in [3.8, 4) is 0 Å².